The van der Waals surface area contributed by atoms with Crippen LogP contribution >= 0.6 is 0 Å². The zero-order valence-corrected chi connectivity index (χ0v) is 12.6. The molecule has 114 valence electrons. The van der Waals surface area contributed by atoms with Crippen LogP contribution in [0, 0.1) is 5.92 Å². The molecule has 20 heavy (non-hydrogen) atoms. The zero-order valence-electron chi connectivity index (χ0n) is 12.6. The minimum Gasteiger partial charge on any atom is -0.350 e. The molecule has 0 radical (unpaired) electrons. The van der Waals surface area contributed by atoms with Crippen LogP contribution in [0.3, 0.4) is 0 Å². The van der Waals surface area contributed by atoms with Crippen molar-refractivity contribution in [2.45, 2.75) is 52.0 Å². The topological polar surface area (TPSA) is 92.5 Å². The molecule has 0 saturated carbocycles. The Hall–Kier alpha value is -1.43. The molecule has 3 amide bonds. The van der Waals surface area contributed by atoms with E-state index in [1.54, 1.807) is 0 Å². The Kier molecular flexibility index (Phi) is 5.68. The van der Waals surface area contributed by atoms with E-state index in [1.165, 1.54) is 4.90 Å². The third kappa shape index (κ3) is 4.59. The molecule has 6 heteroatoms. The molecule has 1 fully saturated rings. The van der Waals surface area contributed by atoms with Crippen molar-refractivity contribution in [3.63, 3.8) is 0 Å². The Morgan fingerprint density at radius 1 is 1.35 bits per heavy atom. The first-order chi connectivity index (χ1) is 9.27. The molecule has 6 nitrogen and oxygen atoms in total. The van der Waals surface area contributed by atoms with E-state index >= 15 is 0 Å². The maximum absolute atomic E-state index is 12.0. The van der Waals surface area contributed by atoms with E-state index in [9.17, 15) is 14.4 Å². The Morgan fingerprint density at radius 2 is 1.90 bits per heavy atom. The first-order valence-corrected chi connectivity index (χ1v) is 7.11. The van der Waals surface area contributed by atoms with Crippen LogP contribution in [0.15, 0.2) is 0 Å². The summed E-state index contributed by atoms with van der Waals surface area (Å²) in [5, 5.41) is 2.91. The number of rotatable bonds is 7. The largest absolute Gasteiger partial charge is 0.350 e. The Morgan fingerprint density at radius 3 is 2.35 bits per heavy atom. The fourth-order valence-electron chi connectivity index (χ4n) is 2.57. The second-order valence-electron chi connectivity index (χ2n) is 6.10. The molecule has 0 aromatic carbocycles. The standard InChI is InChI=1S/C14H25N3O3/c1-10(2)8-14(3,9-15)16-11(18)6-7-17-12(19)4-5-13(17)20/h10H,4-9,15H2,1-3H3,(H,16,18). The van der Waals surface area contributed by atoms with E-state index in [0.717, 1.165) is 6.42 Å². The predicted octanol–water partition coefficient (Wildman–Crippen LogP) is 0.405. The van der Waals surface area contributed by atoms with Crippen molar-refractivity contribution in [1.29, 1.82) is 0 Å². The molecule has 0 aromatic rings. The number of carbonyl (C=O) groups is 3. The number of hydrogen-bond acceptors (Lipinski definition) is 4. The molecule has 0 bridgehead atoms. The third-order valence-corrected chi connectivity index (χ3v) is 3.47. The van der Waals surface area contributed by atoms with Crippen molar-refractivity contribution in [1.82, 2.24) is 10.2 Å². The smallest absolute Gasteiger partial charge is 0.229 e. The molecule has 1 atom stereocenters. The Bertz CT molecular complexity index is 379. The van der Waals surface area contributed by atoms with Gasteiger partial charge in [-0.15, -0.1) is 0 Å². The fraction of sp³-hybridized carbons (Fsp3) is 0.786. The van der Waals surface area contributed by atoms with Crippen LogP contribution in [0.1, 0.15) is 46.5 Å². The lowest BCUT2D eigenvalue weighted by Gasteiger charge is -2.31. The van der Waals surface area contributed by atoms with Crippen molar-refractivity contribution in [2.24, 2.45) is 11.7 Å². The minimum absolute atomic E-state index is 0.130. The second-order valence-corrected chi connectivity index (χ2v) is 6.10. The van der Waals surface area contributed by atoms with E-state index in [1.807, 2.05) is 6.92 Å². The lowest BCUT2D eigenvalue weighted by molar-refractivity contribution is -0.138. The van der Waals surface area contributed by atoms with Crippen molar-refractivity contribution in [2.75, 3.05) is 13.1 Å². The van der Waals surface area contributed by atoms with Gasteiger partial charge >= 0.3 is 0 Å². The molecule has 1 rings (SSSR count). The summed E-state index contributed by atoms with van der Waals surface area (Å²) in [5.74, 6) is -0.130. The van der Waals surface area contributed by atoms with Gasteiger partial charge in [-0.1, -0.05) is 13.8 Å². The molecular weight excluding hydrogens is 258 g/mol. The third-order valence-electron chi connectivity index (χ3n) is 3.47. The Labute approximate surface area is 120 Å². The van der Waals surface area contributed by atoms with Crippen LogP contribution in [0.5, 0.6) is 0 Å². The van der Waals surface area contributed by atoms with E-state index in [0.29, 0.717) is 12.5 Å². The SMILES string of the molecule is CC(C)CC(C)(CN)NC(=O)CCN1C(=O)CCC1=O. The molecule has 0 aliphatic carbocycles. The molecule has 1 heterocycles. The summed E-state index contributed by atoms with van der Waals surface area (Å²) in [5.41, 5.74) is 5.29. The summed E-state index contributed by atoms with van der Waals surface area (Å²) >= 11 is 0. The number of nitrogens with two attached hydrogens (primary N) is 1. The van der Waals surface area contributed by atoms with Gasteiger partial charge in [0.1, 0.15) is 0 Å². The van der Waals surface area contributed by atoms with Gasteiger partial charge in [-0.25, -0.2) is 0 Å². The van der Waals surface area contributed by atoms with Crippen LogP contribution in [0.4, 0.5) is 0 Å². The summed E-state index contributed by atoms with van der Waals surface area (Å²) < 4.78 is 0. The lowest BCUT2D eigenvalue weighted by Crippen LogP contribution is -2.52. The number of nitrogens with zero attached hydrogens (tertiary/aromatic N) is 1. The van der Waals surface area contributed by atoms with Gasteiger partial charge in [-0.2, -0.15) is 0 Å². The fourth-order valence-corrected chi connectivity index (χ4v) is 2.57. The molecule has 1 saturated heterocycles. The number of amides is 3. The van der Waals surface area contributed by atoms with Crippen LogP contribution < -0.4 is 11.1 Å². The van der Waals surface area contributed by atoms with Gasteiger partial charge in [-0.3, -0.25) is 19.3 Å². The average molecular weight is 283 g/mol. The summed E-state index contributed by atoms with van der Waals surface area (Å²) in [6.07, 6.45) is 1.44. The van der Waals surface area contributed by atoms with Gasteiger partial charge in [-0.05, 0) is 19.3 Å². The first-order valence-electron chi connectivity index (χ1n) is 7.11. The van der Waals surface area contributed by atoms with Crippen molar-refractivity contribution in [3.8, 4) is 0 Å². The lowest BCUT2D eigenvalue weighted by atomic mass is 9.90. The van der Waals surface area contributed by atoms with Crippen molar-refractivity contribution in [3.05, 3.63) is 0 Å². The monoisotopic (exact) mass is 283 g/mol. The second kappa shape index (κ2) is 6.83. The number of nitrogens with one attached hydrogen (secondary N) is 1. The predicted molar refractivity (Wildman–Crippen MR) is 75.6 cm³/mol. The van der Waals surface area contributed by atoms with Crippen LogP contribution in [-0.4, -0.2) is 41.2 Å². The van der Waals surface area contributed by atoms with Crippen LogP contribution in [0.2, 0.25) is 0 Å². The summed E-state index contributed by atoms with van der Waals surface area (Å²) in [4.78, 5) is 36.0. The van der Waals surface area contributed by atoms with Crippen molar-refractivity contribution >= 4 is 17.7 Å². The summed E-state index contributed by atoms with van der Waals surface area (Å²) in [7, 11) is 0. The Balaban J connectivity index is 2.46. The van der Waals surface area contributed by atoms with E-state index in [-0.39, 0.29) is 43.5 Å². The maximum Gasteiger partial charge on any atom is 0.229 e. The number of likely N-dealkylation sites (tertiary alicyclic amines) is 1. The number of hydrogen-bond donors (Lipinski definition) is 2. The number of carbonyl (C=O) groups excluding carboxylic acids is 3. The van der Waals surface area contributed by atoms with Crippen molar-refractivity contribution < 1.29 is 14.4 Å². The van der Waals surface area contributed by atoms with Gasteiger partial charge in [0.25, 0.3) is 0 Å². The van der Waals surface area contributed by atoms with E-state index < -0.39 is 5.54 Å². The molecule has 3 N–H and O–H groups in total. The summed E-state index contributed by atoms with van der Waals surface area (Å²) in [6.45, 7) is 6.57. The van der Waals surface area contributed by atoms with Gasteiger partial charge in [0.15, 0.2) is 0 Å². The van der Waals surface area contributed by atoms with Gasteiger partial charge < -0.3 is 11.1 Å². The number of imide groups is 1. The quantitative estimate of drug-likeness (QED) is 0.662. The van der Waals surface area contributed by atoms with E-state index in [2.05, 4.69) is 19.2 Å². The zero-order chi connectivity index (χ0) is 15.3. The normalized spacial score (nSPS) is 18.6. The maximum atomic E-state index is 12.0. The molecule has 1 unspecified atom stereocenters. The molecule has 0 spiro atoms. The molecular formula is C14H25N3O3. The van der Waals surface area contributed by atoms with Crippen LogP contribution in [-0.2, 0) is 14.4 Å². The molecule has 1 aliphatic rings. The van der Waals surface area contributed by atoms with Crippen LogP contribution in [0.25, 0.3) is 0 Å². The van der Waals surface area contributed by atoms with E-state index in [4.69, 9.17) is 5.73 Å². The molecule has 0 aromatic heterocycles. The highest BCUT2D eigenvalue weighted by atomic mass is 16.2. The highest BCUT2D eigenvalue weighted by Gasteiger charge is 2.30. The van der Waals surface area contributed by atoms with Gasteiger partial charge in [0.2, 0.25) is 17.7 Å². The first kappa shape index (κ1) is 16.6. The highest BCUT2D eigenvalue weighted by molar-refractivity contribution is 6.02. The van der Waals surface area contributed by atoms with Gasteiger partial charge in [0.05, 0.1) is 0 Å². The molecule has 1 aliphatic heterocycles. The average Bonchev–Trinajstić information content (AvgIpc) is 2.65. The minimum atomic E-state index is -0.440. The highest BCUT2D eigenvalue weighted by Crippen LogP contribution is 2.16. The van der Waals surface area contributed by atoms with Gasteiger partial charge in [0, 0.05) is 37.9 Å². The summed E-state index contributed by atoms with van der Waals surface area (Å²) in [6, 6.07) is 0.